The number of benzene rings is 1. The maximum atomic E-state index is 13.3. The lowest BCUT2D eigenvalue weighted by Crippen LogP contribution is -2.46. The van der Waals surface area contributed by atoms with Crippen molar-refractivity contribution in [3.8, 4) is 0 Å². The first kappa shape index (κ1) is 20.6. The molecule has 0 radical (unpaired) electrons. The van der Waals surface area contributed by atoms with Gasteiger partial charge < -0.3 is 15.4 Å². The van der Waals surface area contributed by atoms with E-state index in [1.165, 1.54) is 0 Å². The lowest BCUT2D eigenvalue weighted by Gasteiger charge is -2.35. The van der Waals surface area contributed by atoms with E-state index in [2.05, 4.69) is 4.98 Å². The fourth-order valence-electron chi connectivity index (χ4n) is 3.55. The summed E-state index contributed by atoms with van der Waals surface area (Å²) >= 11 is 6.29. The van der Waals surface area contributed by atoms with Gasteiger partial charge in [0.2, 0.25) is 0 Å². The van der Waals surface area contributed by atoms with Gasteiger partial charge in [0.05, 0.1) is 28.0 Å². The molecule has 1 amide bonds. The van der Waals surface area contributed by atoms with Crippen molar-refractivity contribution in [2.75, 3.05) is 13.1 Å². The molecule has 0 aliphatic carbocycles. The molecule has 1 fully saturated rings. The number of rotatable bonds is 2. The van der Waals surface area contributed by atoms with E-state index in [0.29, 0.717) is 34.8 Å². The zero-order valence-corrected chi connectivity index (χ0v) is 17.5. The number of nitrogens with zero attached hydrogens (tertiary/aromatic N) is 3. The van der Waals surface area contributed by atoms with Crippen molar-refractivity contribution in [1.82, 2.24) is 14.5 Å². The zero-order chi connectivity index (χ0) is 20.6. The van der Waals surface area contributed by atoms with Crippen molar-refractivity contribution in [2.45, 2.75) is 58.2 Å². The number of likely N-dealkylation sites (tertiary alicyclic amines) is 1. The van der Waals surface area contributed by atoms with Gasteiger partial charge in [-0.1, -0.05) is 17.7 Å². The summed E-state index contributed by atoms with van der Waals surface area (Å²) in [5.74, 6) is 0.496. The molecular formula is C20H27ClN4O3. The number of halogens is 1. The summed E-state index contributed by atoms with van der Waals surface area (Å²) in [6, 6.07) is 4.52. The largest absolute Gasteiger partial charge is 0.444 e. The Balaban J connectivity index is 2.03. The number of aromatic nitrogens is 2. The Kier molecular flexibility index (Phi) is 5.68. The number of carbonyl (C=O) groups is 1. The van der Waals surface area contributed by atoms with Gasteiger partial charge in [0, 0.05) is 13.1 Å². The molecule has 152 valence electrons. The van der Waals surface area contributed by atoms with Crippen LogP contribution in [0, 0.1) is 0 Å². The third-order valence-corrected chi connectivity index (χ3v) is 5.04. The molecular weight excluding hydrogens is 380 g/mol. The minimum atomic E-state index is -0.574. The first-order valence-electron chi connectivity index (χ1n) is 9.52. The molecule has 7 nitrogen and oxygen atoms in total. The summed E-state index contributed by atoms with van der Waals surface area (Å²) in [6.07, 6.45) is 1.13. The number of amides is 1. The summed E-state index contributed by atoms with van der Waals surface area (Å²) in [5.41, 5.74) is 5.87. The molecule has 1 aliphatic rings. The van der Waals surface area contributed by atoms with Crippen LogP contribution in [0.2, 0.25) is 5.02 Å². The molecule has 2 atom stereocenters. The molecule has 1 saturated heterocycles. The van der Waals surface area contributed by atoms with Crippen molar-refractivity contribution in [3.05, 3.63) is 39.4 Å². The van der Waals surface area contributed by atoms with Crippen LogP contribution in [-0.2, 0) is 4.74 Å². The second-order valence-corrected chi connectivity index (χ2v) is 8.70. The second kappa shape index (κ2) is 7.72. The van der Waals surface area contributed by atoms with Crippen LogP contribution < -0.4 is 11.3 Å². The molecule has 8 heteroatoms. The molecule has 2 N–H and O–H groups in total. The van der Waals surface area contributed by atoms with Crippen LogP contribution in [-0.4, -0.2) is 39.2 Å². The van der Waals surface area contributed by atoms with Gasteiger partial charge in [-0.05, 0) is 52.7 Å². The lowest BCUT2D eigenvalue weighted by molar-refractivity contribution is 0.0169. The fourth-order valence-corrected chi connectivity index (χ4v) is 3.80. The SMILES string of the molecule is C[C@H](N)c1nc2cccc(Cl)c2c(=O)n1[C@H]1CCCN(C(=O)OC(C)(C)C)C1. The maximum absolute atomic E-state index is 13.3. The van der Waals surface area contributed by atoms with E-state index >= 15 is 0 Å². The molecule has 1 aromatic heterocycles. The van der Waals surface area contributed by atoms with E-state index in [4.69, 9.17) is 22.1 Å². The van der Waals surface area contributed by atoms with Gasteiger partial charge in [0.1, 0.15) is 11.4 Å². The Morgan fingerprint density at radius 3 is 2.75 bits per heavy atom. The van der Waals surface area contributed by atoms with Crippen LogP contribution >= 0.6 is 11.6 Å². The minimum Gasteiger partial charge on any atom is -0.444 e. The van der Waals surface area contributed by atoms with Gasteiger partial charge in [-0.25, -0.2) is 9.78 Å². The third kappa shape index (κ3) is 4.15. The summed E-state index contributed by atoms with van der Waals surface area (Å²) in [4.78, 5) is 32.1. The van der Waals surface area contributed by atoms with Gasteiger partial charge in [-0.3, -0.25) is 9.36 Å². The first-order valence-corrected chi connectivity index (χ1v) is 9.90. The number of ether oxygens (including phenoxy) is 1. The van der Waals surface area contributed by atoms with E-state index in [0.717, 1.165) is 12.8 Å². The van der Waals surface area contributed by atoms with E-state index in [1.807, 2.05) is 20.8 Å². The highest BCUT2D eigenvalue weighted by Crippen LogP contribution is 2.27. The zero-order valence-electron chi connectivity index (χ0n) is 16.7. The van der Waals surface area contributed by atoms with Crippen LogP contribution in [0.3, 0.4) is 0 Å². The number of piperidine rings is 1. The number of fused-ring (bicyclic) bond motifs is 1. The second-order valence-electron chi connectivity index (χ2n) is 8.29. The molecule has 3 rings (SSSR count). The average Bonchev–Trinajstić information content (AvgIpc) is 2.60. The van der Waals surface area contributed by atoms with E-state index in [9.17, 15) is 9.59 Å². The highest BCUT2D eigenvalue weighted by molar-refractivity contribution is 6.35. The molecule has 2 aromatic rings. The summed E-state index contributed by atoms with van der Waals surface area (Å²) in [7, 11) is 0. The predicted octanol–water partition coefficient (Wildman–Crippen LogP) is 3.64. The molecule has 0 unspecified atom stereocenters. The van der Waals surface area contributed by atoms with Crippen LogP contribution in [0.5, 0.6) is 0 Å². The Hall–Kier alpha value is -2.12. The van der Waals surface area contributed by atoms with Crippen molar-refractivity contribution in [2.24, 2.45) is 5.73 Å². The Bertz CT molecular complexity index is 949. The quantitative estimate of drug-likeness (QED) is 0.822. The smallest absolute Gasteiger partial charge is 0.410 e. The van der Waals surface area contributed by atoms with Gasteiger partial charge >= 0.3 is 6.09 Å². The number of nitrogens with two attached hydrogens (primary N) is 1. The summed E-state index contributed by atoms with van der Waals surface area (Å²) in [5, 5.41) is 0.739. The van der Waals surface area contributed by atoms with E-state index < -0.39 is 11.6 Å². The van der Waals surface area contributed by atoms with Gasteiger partial charge in [-0.2, -0.15) is 0 Å². The van der Waals surface area contributed by atoms with Crippen LogP contribution in [0.15, 0.2) is 23.0 Å². The fraction of sp³-hybridized carbons (Fsp3) is 0.550. The topological polar surface area (TPSA) is 90.5 Å². The molecule has 0 saturated carbocycles. The van der Waals surface area contributed by atoms with Crippen molar-refractivity contribution >= 4 is 28.6 Å². The molecule has 1 aliphatic heterocycles. The Labute approximate surface area is 169 Å². The van der Waals surface area contributed by atoms with Crippen LogP contribution in [0.25, 0.3) is 10.9 Å². The number of hydrogen-bond donors (Lipinski definition) is 1. The third-order valence-electron chi connectivity index (χ3n) is 4.73. The minimum absolute atomic E-state index is 0.223. The summed E-state index contributed by atoms with van der Waals surface area (Å²) < 4.78 is 7.12. The maximum Gasteiger partial charge on any atom is 0.410 e. The van der Waals surface area contributed by atoms with Crippen molar-refractivity contribution in [1.29, 1.82) is 0 Å². The van der Waals surface area contributed by atoms with Crippen LogP contribution in [0.1, 0.15) is 58.4 Å². The Morgan fingerprint density at radius 2 is 2.11 bits per heavy atom. The summed E-state index contributed by atoms with van der Waals surface area (Å²) in [6.45, 7) is 8.26. The standard InChI is InChI=1S/C20H27ClN4O3/c1-12(22)17-23-15-9-5-8-14(21)16(15)18(26)25(17)13-7-6-10-24(11-13)19(27)28-20(2,3)4/h5,8-9,12-13H,6-7,10-11,22H2,1-4H3/t12-,13-/m0/s1. The average molecular weight is 407 g/mol. The van der Waals surface area contributed by atoms with Crippen molar-refractivity contribution < 1.29 is 9.53 Å². The molecule has 0 spiro atoms. The van der Waals surface area contributed by atoms with Crippen LogP contribution in [0.4, 0.5) is 4.79 Å². The Morgan fingerprint density at radius 1 is 1.39 bits per heavy atom. The first-order chi connectivity index (χ1) is 13.1. The lowest BCUT2D eigenvalue weighted by atomic mass is 10.0. The van der Waals surface area contributed by atoms with Gasteiger partial charge in [0.15, 0.2) is 0 Å². The van der Waals surface area contributed by atoms with E-state index in [1.54, 1.807) is 34.6 Å². The molecule has 0 bridgehead atoms. The van der Waals surface area contributed by atoms with E-state index in [-0.39, 0.29) is 17.7 Å². The molecule has 1 aromatic carbocycles. The molecule has 28 heavy (non-hydrogen) atoms. The monoisotopic (exact) mass is 406 g/mol. The molecule has 2 heterocycles. The normalized spacial score (nSPS) is 18.9. The van der Waals surface area contributed by atoms with Gasteiger partial charge in [-0.15, -0.1) is 0 Å². The number of hydrogen-bond acceptors (Lipinski definition) is 5. The van der Waals surface area contributed by atoms with Gasteiger partial charge in [0.25, 0.3) is 5.56 Å². The highest BCUT2D eigenvalue weighted by Gasteiger charge is 2.31. The predicted molar refractivity (Wildman–Crippen MR) is 110 cm³/mol. The highest BCUT2D eigenvalue weighted by atomic mass is 35.5. The van der Waals surface area contributed by atoms with Crippen molar-refractivity contribution in [3.63, 3.8) is 0 Å². The number of carbonyl (C=O) groups excluding carboxylic acids is 1.